The highest BCUT2D eigenvalue weighted by atomic mass is 35.5. The smallest absolute Gasteiger partial charge is 0.234 e. The van der Waals surface area contributed by atoms with E-state index in [9.17, 15) is 4.79 Å². The third-order valence-corrected chi connectivity index (χ3v) is 6.52. The number of hydrogen-bond acceptors (Lipinski definition) is 5. The van der Waals surface area contributed by atoms with Gasteiger partial charge in [0.05, 0.1) is 12.4 Å². The van der Waals surface area contributed by atoms with Crippen LogP contribution in [0.5, 0.6) is 5.75 Å². The van der Waals surface area contributed by atoms with Crippen LogP contribution in [0.15, 0.2) is 60.3 Å². The summed E-state index contributed by atoms with van der Waals surface area (Å²) in [5, 5.41) is 13.0. The summed E-state index contributed by atoms with van der Waals surface area (Å²) in [7, 11) is 0. The Hall–Kier alpha value is -2.48. The maximum absolute atomic E-state index is 12.4. The van der Waals surface area contributed by atoms with Crippen molar-refractivity contribution in [2.24, 2.45) is 0 Å². The van der Waals surface area contributed by atoms with E-state index in [0.29, 0.717) is 40.5 Å². The quantitative estimate of drug-likeness (QED) is 0.167. The Morgan fingerprint density at radius 2 is 1.83 bits per heavy atom. The minimum atomic E-state index is -0.186. The summed E-state index contributed by atoms with van der Waals surface area (Å²) >= 11 is 13.3. The van der Waals surface area contributed by atoms with Crippen molar-refractivity contribution in [2.75, 3.05) is 17.7 Å². The molecule has 0 unspecified atom stereocenters. The number of aryl methyl sites for hydroxylation is 1. The number of amides is 1. The first-order valence-electron chi connectivity index (χ1n) is 11.3. The summed E-state index contributed by atoms with van der Waals surface area (Å²) in [5.41, 5.74) is 1.94. The van der Waals surface area contributed by atoms with E-state index in [1.807, 2.05) is 16.7 Å². The lowest BCUT2D eigenvalue weighted by Crippen LogP contribution is -2.15. The molecular formula is C26H30Cl2N4O2S. The number of benzene rings is 2. The number of rotatable bonds is 11. The molecule has 0 atom stereocenters. The van der Waals surface area contributed by atoms with E-state index in [-0.39, 0.29) is 17.1 Å². The summed E-state index contributed by atoms with van der Waals surface area (Å²) in [6.45, 7) is 11.5. The molecule has 35 heavy (non-hydrogen) atoms. The lowest BCUT2D eigenvalue weighted by molar-refractivity contribution is -0.113. The van der Waals surface area contributed by atoms with Gasteiger partial charge in [-0.3, -0.25) is 4.79 Å². The van der Waals surface area contributed by atoms with Crippen molar-refractivity contribution in [1.82, 2.24) is 14.8 Å². The molecule has 0 saturated heterocycles. The van der Waals surface area contributed by atoms with Crippen LogP contribution < -0.4 is 10.1 Å². The number of aromatic nitrogens is 3. The maximum Gasteiger partial charge on any atom is 0.234 e. The summed E-state index contributed by atoms with van der Waals surface area (Å²) in [6, 6.07) is 13.1. The summed E-state index contributed by atoms with van der Waals surface area (Å²) in [4.78, 5) is 12.4. The first-order valence-corrected chi connectivity index (χ1v) is 13.0. The largest absolute Gasteiger partial charge is 0.494 e. The first-order chi connectivity index (χ1) is 16.7. The van der Waals surface area contributed by atoms with Gasteiger partial charge in [-0.15, -0.1) is 16.8 Å². The Morgan fingerprint density at radius 3 is 2.46 bits per heavy atom. The van der Waals surface area contributed by atoms with E-state index in [4.69, 9.17) is 27.9 Å². The van der Waals surface area contributed by atoms with E-state index >= 15 is 0 Å². The zero-order valence-corrected chi connectivity index (χ0v) is 22.5. The molecule has 1 N–H and O–H groups in total. The van der Waals surface area contributed by atoms with Gasteiger partial charge < -0.3 is 14.6 Å². The van der Waals surface area contributed by atoms with Crippen LogP contribution in [0.4, 0.5) is 5.69 Å². The molecule has 1 amide bonds. The fourth-order valence-corrected chi connectivity index (χ4v) is 4.64. The molecule has 0 aliphatic carbocycles. The van der Waals surface area contributed by atoms with Crippen molar-refractivity contribution in [3.05, 3.63) is 76.6 Å². The number of thioether (sulfide) groups is 1. The molecule has 0 bridgehead atoms. The topological polar surface area (TPSA) is 69.0 Å². The number of nitrogens with one attached hydrogen (secondary N) is 1. The van der Waals surface area contributed by atoms with E-state index in [1.165, 1.54) is 17.3 Å². The van der Waals surface area contributed by atoms with Gasteiger partial charge in [-0.05, 0) is 47.7 Å². The normalized spacial score (nSPS) is 11.3. The van der Waals surface area contributed by atoms with Gasteiger partial charge in [0.2, 0.25) is 5.91 Å². The summed E-state index contributed by atoms with van der Waals surface area (Å²) in [6.07, 6.45) is 3.28. The molecule has 2 aromatic carbocycles. The molecule has 0 aliphatic heterocycles. The van der Waals surface area contributed by atoms with Crippen molar-refractivity contribution in [3.63, 3.8) is 0 Å². The second-order valence-electron chi connectivity index (χ2n) is 9.02. The molecule has 1 heterocycles. The van der Waals surface area contributed by atoms with Gasteiger partial charge in [0.25, 0.3) is 0 Å². The van der Waals surface area contributed by atoms with E-state index in [2.05, 4.69) is 55.0 Å². The van der Waals surface area contributed by atoms with Gasteiger partial charge in [0.15, 0.2) is 5.16 Å². The highest BCUT2D eigenvalue weighted by Gasteiger charge is 2.15. The van der Waals surface area contributed by atoms with Crippen molar-refractivity contribution >= 4 is 46.6 Å². The van der Waals surface area contributed by atoms with Gasteiger partial charge in [-0.1, -0.05) is 73.9 Å². The SMILES string of the molecule is C=CCn1c(CCCOc2ccc(C(C)(C)C)cc2)nnc1SCC(=O)Nc1cc(Cl)cc(Cl)c1. The predicted molar refractivity (Wildman–Crippen MR) is 145 cm³/mol. The molecule has 0 spiro atoms. The average molecular weight is 534 g/mol. The lowest BCUT2D eigenvalue weighted by atomic mass is 9.87. The minimum Gasteiger partial charge on any atom is -0.494 e. The molecule has 9 heteroatoms. The Morgan fingerprint density at radius 1 is 1.14 bits per heavy atom. The third-order valence-electron chi connectivity index (χ3n) is 5.12. The fourth-order valence-electron chi connectivity index (χ4n) is 3.35. The van der Waals surface area contributed by atoms with Crippen LogP contribution in [0.3, 0.4) is 0 Å². The molecule has 6 nitrogen and oxygen atoms in total. The Kier molecular flexibility index (Phi) is 9.66. The van der Waals surface area contributed by atoms with Crippen molar-refractivity contribution in [2.45, 2.75) is 50.7 Å². The van der Waals surface area contributed by atoms with Crippen LogP contribution >= 0.6 is 35.0 Å². The first kappa shape index (κ1) is 27.1. The van der Waals surface area contributed by atoms with Gasteiger partial charge in [-0.2, -0.15) is 0 Å². The van der Waals surface area contributed by atoms with Crippen molar-refractivity contribution in [3.8, 4) is 5.75 Å². The third kappa shape index (κ3) is 8.30. The maximum atomic E-state index is 12.4. The molecule has 1 aromatic heterocycles. The number of halogens is 2. The average Bonchev–Trinajstić information content (AvgIpc) is 3.16. The molecule has 0 saturated carbocycles. The lowest BCUT2D eigenvalue weighted by Gasteiger charge is -2.19. The minimum absolute atomic E-state index is 0.118. The zero-order valence-electron chi connectivity index (χ0n) is 20.2. The van der Waals surface area contributed by atoms with Gasteiger partial charge in [0, 0.05) is 28.7 Å². The van der Waals surface area contributed by atoms with Gasteiger partial charge in [0.1, 0.15) is 11.6 Å². The highest BCUT2D eigenvalue weighted by molar-refractivity contribution is 7.99. The van der Waals surface area contributed by atoms with Crippen LogP contribution in [0.25, 0.3) is 0 Å². The Labute approximate surface area is 221 Å². The van der Waals surface area contributed by atoms with E-state index in [0.717, 1.165) is 18.0 Å². The Bertz CT molecular complexity index is 1140. The molecule has 3 aromatic rings. The Balaban J connectivity index is 1.51. The molecule has 3 rings (SSSR count). The van der Waals surface area contributed by atoms with E-state index < -0.39 is 0 Å². The van der Waals surface area contributed by atoms with Gasteiger partial charge >= 0.3 is 0 Å². The predicted octanol–water partition coefficient (Wildman–Crippen LogP) is 6.81. The van der Waals surface area contributed by atoms with Crippen LogP contribution in [-0.2, 0) is 23.2 Å². The highest BCUT2D eigenvalue weighted by Crippen LogP contribution is 2.25. The van der Waals surface area contributed by atoms with Crippen molar-refractivity contribution in [1.29, 1.82) is 0 Å². The van der Waals surface area contributed by atoms with Crippen LogP contribution in [-0.4, -0.2) is 33.0 Å². The molecule has 0 fully saturated rings. The number of anilines is 1. The summed E-state index contributed by atoms with van der Waals surface area (Å²) in [5.74, 6) is 1.68. The van der Waals surface area contributed by atoms with Crippen LogP contribution in [0, 0.1) is 0 Å². The number of carbonyl (C=O) groups excluding carboxylic acids is 1. The number of nitrogens with zero attached hydrogens (tertiary/aromatic N) is 3. The summed E-state index contributed by atoms with van der Waals surface area (Å²) < 4.78 is 7.87. The monoisotopic (exact) mass is 532 g/mol. The van der Waals surface area contributed by atoms with Crippen molar-refractivity contribution < 1.29 is 9.53 Å². The molecule has 0 aliphatic rings. The second kappa shape index (κ2) is 12.5. The fraction of sp³-hybridized carbons (Fsp3) is 0.346. The number of allylic oxidation sites excluding steroid dienone is 1. The zero-order chi connectivity index (χ0) is 25.4. The van der Waals surface area contributed by atoms with E-state index in [1.54, 1.807) is 24.3 Å². The standard InChI is InChI=1S/C26H30Cl2N4O2S/c1-5-12-32-23(7-6-13-34-22-10-8-18(9-11-22)26(2,3)4)30-31-25(32)35-17-24(33)29-21-15-19(27)14-20(28)16-21/h5,8-11,14-16H,1,6-7,12-13,17H2,2-4H3,(H,29,33). The number of hydrogen-bond donors (Lipinski definition) is 1. The van der Waals surface area contributed by atoms with Gasteiger partial charge in [-0.25, -0.2) is 0 Å². The van der Waals surface area contributed by atoms with Crippen LogP contribution in [0.1, 0.15) is 38.6 Å². The molecule has 0 radical (unpaired) electrons. The molecular weight excluding hydrogens is 503 g/mol. The second-order valence-corrected chi connectivity index (χ2v) is 10.8. The number of carbonyl (C=O) groups is 1. The molecule has 186 valence electrons. The number of ether oxygens (including phenoxy) is 1. The van der Waals surface area contributed by atoms with Crippen LogP contribution in [0.2, 0.25) is 10.0 Å².